The maximum Gasteiger partial charge on any atom is 0.0436 e. The zero-order valence-corrected chi connectivity index (χ0v) is 18.8. The molecule has 3 N–H and O–H groups in total. The minimum atomic E-state index is 0.240. The van der Waals surface area contributed by atoms with Gasteiger partial charge in [-0.2, -0.15) is 0 Å². The zero-order valence-electron chi connectivity index (χ0n) is 18.8. The van der Waals surface area contributed by atoms with Crippen LogP contribution in [-0.4, -0.2) is 38.9 Å². The second-order valence-electron chi connectivity index (χ2n) is 5.81. The molecule has 3 heteroatoms. The summed E-state index contributed by atoms with van der Waals surface area (Å²) >= 11 is 0. The molecule has 0 aliphatic rings. The van der Waals surface area contributed by atoms with Crippen LogP contribution in [-0.2, 0) is 0 Å². The van der Waals surface area contributed by atoms with E-state index in [0.717, 1.165) is 25.4 Å². The second-order valence-corrected chi connectivity index (χ2v) is 5.81. The second kappa shape index (κ2) is 33.5. The molecule has 0 saturated heterocycles. The smallest absolute Gasteiger partial charge is 0.0436 e. The Morgan fingerprint density at radius 2 is 1.30 bits per heavy atom. The van der Waals surface area contributed by atoms with Gasteiger partial charge >= 0.3 is 0 Å². The third kappa shape index (κ3) is 52.1. The Balaban J connectivity index is -0.0000000709. The van der Waals surface area contributed by atoms with Crippen molar-refractivity contribution in [1.29, 1.82) is 0 Å². The van der Waals surface area contributed by atoms with Crippen LogP contribution >= 0.6 is 0 Å². The van der Waals surface area contributed by atoms with Crippen molar-refractivity contribution in [2.75, 3.05) is 33.8 Å². The summed E-state index contributed by atoms with van der Waals surface area (Å²) in [5.41, 5.74) is 0.240. The van der Waals surface area contributed by atoms with Gasteiger partial charge in [0.15, 0.2) is 0 Å². The van der Waals surface area contributed by atoms with E-state index in [2.05, 4.69) is 38.3 Å². The first-order valence-corrected chi connectivity index (χ1v) is 9.79. The molecule has 0 aromatic carbocycles. The van der Waals surface area contributed by atoms with Gasteiger partial charge in [0.1, 0.15) is 0 Å². The highest BCUT2D eigenvalue weighted by Gasteiger charge is 2.14. The normalized spacial score (nSPS) is 9.13. The van der Waals surface area contributed by atoms with Gasteiger partial charge in [0.2, 0.25) is 0 Å². The van der Waals surface area contributed by atoms with Crippen LogP contribution in [0.15, 0.2) is 0 Å². The zero-order chi connectivity index (χ0) is 19.7. The lowest BCUT2D eigenvalue weighted by atomic mass is 9.90. The van der Waals surface area contributed by atoms with Crippen molar-refractivity contribution in [3.8, 4) is 0 Å². The monoisotopic (exact) mass is 336 g/mol. The summed E-state index contributed by atoms with van der Waals surface area (Å²) in [6, 6.07) is 0. The summed E-state index contributed by atoms with van der Waals surface area (Å²) in [5, 5.41) is 14.8. The average molecular weight is 337 g/mol. The summed E-state index contributed by atoms with van der Waals surface area (Å²) in [6.45, 7) is 23.2. The van der Waals surface area contributed by atoms with Crippen molar-refractivity contribution >= 4 is 0 Å². The molecule has 0 unspecified atom stereocenters. The summed E-state index contributed by atoms with van der Waals surface area (Å²) in [7, 11) is 3.93. The molecular formula is C20H52N2O. The molecule has 23 heavy (non-hydrogen) atoms. The molecule has 0 spiro atoms. The minimum Gasteiger partial charge on any atom is -0.396 e. The molecule has 148 valence electrons. The van der Waals surface area contributed by atoms with Crippen molar-refractivity contribution in [2.24, 2.45) is 11.3 Å². The van der Waals surface area contributed by atoms with E-state index in [4.69, 9.17) is 5.11 Å². The van der Waals surface area contributed by atoms with Crippen LogP contribution < -0.4 is 10.6 Å². The maximum atomic E-state index is 8.60. The molecule has 0 aliphatic carbocycles. The molecule has 0 atom stereocenters. The average Bonchev–Trinajstić information content (AvgIpc) is 2.53. The standard InChI is InChI=1S/C7H17NO.C7H17N.3C2H6/c1-7(2,4-5-9)6-8-3;1-7(2)5-4-6-8-3;3*1-2/h8-9H,4-6H2,1-3H3;7-8H,4-6H2,1-3H3;3*1-2H3. The molecule has 0 aliphatic heterocycles. The minimum absolute atomic E-state index is 0.240. The van der Waals surface area contributed by atoms with E-state index >= 15 is 0 Å². The molecule has 0 amide bonds. The Morgan fingerprint density at radius 3 is 1.57 bits per heavy atom. The lowest BCUT2D eigenvalue weighted by Gasteiger charge is -2.22. The molecule has 0 rings (SSSR count). The summed E-state index contributed by atoms with van der Waals surface area (Å²) in [4.78, 5) is 0. The van der Waals surface area contributed by atoms with Crippen molar-refractivity contribution in [3.05, 3.63) is 0 Å². The van der Waals surface area contributed by atoms with Gasteiger partial charge in [-0.3, -0.25) is 0 Å². The van der Waals surface area contributed by atoms with Crippen molar-refractivity contribution in [2.45, 2.75) is 88.5 Å². The SMILES string of the molecule is CC.CC.CC.CNCC(C)(C)CCO.CNCCCC(C)C. The third-order valence-corrected chi connectivity index (χ3v) is 2.65. The molecule has 0 saturated carbocycles. The Kier molecular flexibility index (Phi) is 49.9. The van der Waals surface area contributed by atoms with Crippen LogP contribution in [0.3, 0.4) is 0 Å². The molecule has 0 radical (unpaired) electrons. The third-order valence-electron chi connectivity index (χ3n) is 2.65. The van der Waals surface area contributed by atoms with Crippen LogP contribution in [0.5, 0.6) is 0 Å². The summed E-state index contributed by atoms with van der Waals surface area (Å²) < 4.78 is 0. The highest BCUT2D eigenvalue weighted by atomic mass is 16.3. The van der Waals surface area contributed by atoms with Gasteiger partial charge in [-0.1, -0.05) is 69.2 Å². The van der Waals surface area contributed by atoms with E-state index < -0.39 is 0 Å². The van der Waals surface area contributed by atoms with Crippen LogP contribution in [0.4, 0.5) is 0 Å². The Bertz CT molecular complexity index is 141. The Labute approximate surface area is 150 Å². The number of hydrogen-bond donors (Lipinski definition) is 3. The fraction of sp³-hybridized carbons (Fsp3) is 1.00. The van der Waals surface area contributed by atoms with Crippen molar-refractivity contribution in [3.63, 3.8) is 0 Å². The van der Waals surface area contributed by atoms with Gasteiger partial charge in [0.05, 0.1) is 0 Å². The number of aliphatic hydroxyl groups excluding tert-OH is 1. The number of hydrogen-bond acceptors (Lipinski definition) is 3. The van der Waals surface area contributed by atoms with E-state index in [1.165, 1.54) is 12.8 Å². The largest absolute Gasteiger partial charge is 0.396 e. The van der Waals surface area contributed by atoms with E-state index in [1.54, 1.807) is 0 Å². The van der Waals surface area contributed by atoms with E-state index in [9.17, 15) is 0 Å². The van der Waals surface area contributed by atoms with Crippen molar-refractivity contribution in [1.82, 2.24) is 10.6 Å². The fourth-order valence-corrected chi connectivity index (χ4v) is 1.56. The van der Waals surface area contributed by atoms with E-state index in [1.807, 2.05) is 55.6 Å². The number of nitrogens with one attached hydrogen (secondary N) is 2. The lowest BCUT2D eigenvalue weighted by Crippen LogP contribution is -2.27. The van der Waals surface area contributed by atoms with Gasteiger partial charge in [0, 0.05) is 13.2 Å². The lowest BCUT2D eigenvalue weighted by molar-refractivity contribution is 0.210. The van der Waals surface area contributed by atoms with Gasteiger partial charge in [-0.25, -0.2) is 0 Å². The van der Waals surface area contributed by atoms with Gasteiger partial charge in [-0.05, 0) is 51.2 Å². The Morgan fingerprint density at radius 1 is 0.870 bits per heavy atom. The first-order chi connectivity index (χ1) is 10.9. The van der Waals surface area contributed by atoms with Crippen LogP contribution in [0.25, 0.3) is 0 Å². The summed E-state index contributed by atoms with van der Waals surface area (Å²) in [6.07, 6.45) is 3.53. The molecule has 3 nitrogen and oxygen atoms in total. The molecular weight excluding hydrogens is 284 g/mol. The molecule has 0 fully saturated rings. The highest BCUT2D eigenvalue weighted by Crippen LogP contribution is 2.17. The van der Waals surface area contributed by atoms with Gasteiger partial charge in [0.25, 0.3) is 0 Å². The van der Waals surface area contributed by atoms with E-state index in [0.29, 0.717) is 0 Å². The highest BCUT2D eigenvalue weighted by molar-refractivity contribution is 4.69. The summed E-state index contributed by atoms with van der Waals surface area (Å²) in [5.74, 6) is 0.864. The fourth-order valence-electron chi connectivity index (χ4n) is 1.56. The van der Waals surface area contributed by atoms with Gasteiger partial charge < -0.3 is 15.7 Å². The first kappa shape index (κ1) is 34.3. The van der Waals surface area contributed by atoms with Crippen LogP contribution in [0.1, 0.15) is 88.5 Å². The quantitative estimate of drug-likeness (QED) is 0.525. The van der Waals surface area contributed by atoms with E-state index in [-0.39, 0.29) is 12.0 Å². The topological polar surface area (TPSA) is 44.3 Å². The first-order valence-electron chi connectivity index (χ1n) is 9.79. The Hall–Kier alpha value is -0.120. The maximum absolute atomic E-state index is 8.60. The molecule has 0 heterocycles. The number of aliphatic hydroxyl groups is 1. The van der Waals surface area contributed by atoms with Crippen LogP contribution in [0, 0.1) is 11.3 Å². The molecule has 0 bridgehead atoms. The molecule has 0 aromatic rings. The van der Waals surface area contributed by atoms with Crippen molar-refractivity contribution < 1.29 is 5.11 Å². The van der Waals surface area contributed by atoms with Crippen LogP contribution in [0.2, 0.25) is 0 Å². The molecule has 0 aromatic heterocycles. The predicted molar refractivity (Wildman–Crippen MR) is 111 cm³/mol. The predicted octanol–water partition coefficient (Wildman–Crippen LogP) is 5.34. The van der Waals surface area contributed by atoms with Gasteiger partial charge in [-0.15, -0.1) is 0 Å². The number of rotatable bonds is 8.